The van der Waals surface area contributed by atoms with Crippen LogP contribution in [-0.4, -0.2) is 22.1 Å². The summed E-state index contributed by atoms with van der Waals surface area (Å²) < 4.78 is 0. The number of halogens is 4. The average molecular weight is 438 g/mol. The van der Waals surface area contributed by atoms with E-state index < -0.39 is 11.9 Å². The first-order valence-corrected chi connectivity index (χ1v) is 8.41. The Morgan fingerprint density at radius 1 is 1.00 bits per heavy atom. The third kappa shape index (κ3) is 4.74. The maximum atomic E-state index is 12.2. The van der Waals surface area contributed by atoms with E-state index in [4.69, 9.17) is 58.6 Å². The summed E-state index contributed by atoms with van der Waals surface area (Å²) in [6.45, 7) is 0. The van der Waals surface area contributed by atoms with Crippen molar-refractivity contribution in [2.75, 3.05) is 5.32 Å². The van der Waals surface area contributed by atoms with Gasteiger partial charge in [-0.15, -0.1) is 0 Å². The second-order valence-corrected chi connectivity index (χ2v) is 6.66. The second kappa shape index (κ2) is 8.21. The standard InChI is InChI=1S/C15H8Cl4N2O3S/c16-6-4-8(14(23)24)12(10(18)5-6)20-15(25)21-13(22)7-2-1-3-9(17)11(7)19/h1-5H,(H,23,24)(H2,20,21,22,25). The van der Waals surface area contributed by atoms with Crippen LogP contribution in [0.4, 0.5) is 5.69 Å². The Kier molecular flexibility index (Phi) is 6.48. The normalized spacial score (nSPS) is 10.2. The number of rotatable bonds is 3. The van der Waals surface area contributed by atoms with Crippen LogP contribution in [0.15, 0.2) is 30.3 Å². The van der Waals surface area contributed by atoms with E-state index >= 15 is 0 Å². The summed E-state index contributed by atoms with van der Waals surface area (Å²) in [5, 5.41) is 14.5. The molecule has 0 aliphatic rings. The zero-order valence-corrected chi connectivity index (χ0v) is 15.9. The highest BCUT2D eigenvalue weighted by molar-refractivity contribution is 7.80. The number of hydrogen-bond acceptors (Lipinski definition) is 3. The molecule has 2 aromatic rings. The number of benzene rings is 2. The van der Waals surface area contributed by atoms with Gasteiger partial charge in [-0.25, -0.2) is 4.79 Å². The topological polar surface area (TPSA) is 78.4 Å². The SMILES string of the molecule is O=C(NC(=S)Nc1c(Cl)cc(Cl)cc1C(=O)O)c1cccc(Cl)c1Cl. The van der Waals surface area contributed by atoms with E-state index in [1.807, 2.05) is 0 Å². The van der Waals surface area contributed by atoms with Gasteiger partial charge in [0.15, 0.2) is 5.11 Å². The molecule has 0 saturated heterocycles. The Hall–Kier alpha value is -1.57. The number of carboxylic acid groups (broad SMARTS) is 1. The molecular weight excluding hydrogens is 430 g/mol. The van der Waals surface area contributed by atoms with Gasteiger partial charge in [-0.3, -0.25) is 10.1 Å². The van der Waals surface area contributed by atoms with Gasteiger partial charge in [0, 0.05) is 5.02 Å². The quantitative estimate of drug-likeness (QED) is 0.580. The van der Waals surface area contributed by atoms with Crippen LogP contribution in [-0.2, 0) is 0 Å². The first-order chi connectivity index (χ1) is 11.7. The fourth-order valence-corrected chi connectivity index (χ4v) is 2.99. The Morgan fingerprint density at radius 3 is 2.32 bits per heavy atom. The van der Waals surface area contributed by atoms with Crippen molar-refractivity contribution in [3.8, 4) is 0 Å². The molecule has 0 radical (unpaired) electrons. The van der Waals surface area contributed by atoms with Crippen LogP contribution in [0, 0.1) is 0 Å². The smallest absolute Gasteiger partial charge is 0.337 e. The lowest BCUT2D eigenvalue weighted by Crippen LogP contribution is -2.34. The van der Waals surface area contributed by atoms with Crippen LogP contribution >= 0.6 is 58.6 Å². The molecule has 5 nitrogen and oxygen atoms in total. The molecule has 0 unspecified atom stereocenters. The number of aromatic carboxylic acids is 1. The van der Waals surface area contributed by atoms with Crippen molar-refractivity contribution in [2.45, 2.75) is 0 Å². The average Bonchev–Trinajstić information content (AvgIpc) is 2.52. The molecule has 0 heterocycles. The molecular formula is C15H8Cl4N2O3S. The minimum Gasteiger partial charge on any atom is -0.478 e. The van der Waals surface area contributed by atoms with E-state index in [9.17, 15) is 14.7 Å². The van der Waals surface area contributed by atoms with Gasteiger partial charge in [0.05, 0.1) is 31.9 Å². The zero-order chi connectivity index (χ0) is 18.7. The van der Waals surface area contributed by atoms with E-state index in [0.717, 1.165) is 0 Å². The highest BCUT2D eigenvalue weighted by Crippen LogP contribution is 2.30. The highest BCUT2D eigenvalue weighted by Gasteiger charge is 2.18. The number of amides is 1. The van der Waals surface area contributed by atoms with Crippen molar-refractivity contribution in [2.24, 2.45) is 0 Å². The first kappa shape index (κ1) is 19.8. The van der Waals surface area contributed by atoms with Crippen molar-refractivity contribution < 1.29 is 14.7 Å². The number of anilines is 1. The summed E-state index contributed by atoms with van der Waals surface area (Å²) in [5.41, 5.74) is -0.0880. The molecule has 0 spiro atoms. The van der Waals surface area contributed by atoms with Gasteiger partial charge in [-0.1, -0.05) is 52.5 Å². The van der Waals surface area contributed by atoms with Crippen LogP contribution < -0.4 is 10.6 Å². The Balaban J connectivity index is 2.22. The molecule has 1 amide bonds. The monoisotopic (exact) mass is 436 g/mol. The number of hydrogen-bond donors (Lipinski definition) is 3. The third-order valence-electron chi connectivity index (χ3n) is 2.95. The Bertz CT molecular complexity index is 889. The molecule has 0 aliphatic carbocycles. The minimum atomic E-state index is -1.26. The molecule has 0 aliphatic heterocycles. The fourth-order valence-electron chi connectivity index (χ4n) is 1.86. The lowest BCUT2D eigenvalue weighted by atomic mass is 10.2. The molecule has 25 heavy (non-hydrogen) atoms. The first-order valence-electron chi connectivity index (χ1n) is 6.49. The molecule has 0 aromatic heterocycles. The van der Waals surface area contributed by atoms with Crippen molar-refractivity contribution >= 4 is 81.3 Å². The van der Waals surface area contributed by atoms with Crippen molar-refractivity contribution in [1.29, 1.82) is 0 Å². The number of nitrogens with one attached hydrogen (secondary N) is 2. The Morgan fingerprint density at radius 2 is 1.68 bits per heavy atom. The van der Waals surface area contributed by atoms with Gasteiger partial charge in [0.25, 0.3) is 5.91 Å². The molecule has 0 bridgehead atoms. The van der Waals surface area contributed by atoms with E-state index in [2.05, 4.69) is 10.6 Å². The van der Waals surface area contributed by atoms with Gasteiger partial charge < -0.3 is 10.4 Å². The number of carbonyl (C=O) groups is 2. The van der Waals surface area contributed by atoms with E-state index in [0.29, 0.717) is 0 Å². The lowest BCUT2D eigenvalue weighted by molar-refractivity contribution is 0.0697. The number of thiocarbonyl (C=S) groups is 1. The van der Waals surface area contributed by atoms with Gasteiger partial charge >= 0.3 is 5.97 Å². The van der Waals surface area contributed by atoms with Gasteiger partial charge in [-0.2, -0.15) is 0 Å². The number of carbonyl (C=O) groups excluding carboxylic acids is 1. The fraction of sp³-hybridized carbons (Fsp3) is 0. The summed E-state index contributed by atoms with van der Waals surface area (Å²) in [6, 6.07) is 7.10. The lowest BCUT2D eigenvalue weighted by Gasteiger charge is -2.14. The van der Waals surface area contributed by atoms with Crippen LogP contribution in [0.25, 0.3) is 0 Å². The van der Waals surface area contributed by atoms with Crippen LogP contribution in [0.3, 0.4) is 0 Å². The minimum absolute atomic E-state index is 0.000979. The predicted octanol–water partition coefficient (Wildman–Crippen LogP) is 5.13. The van der Waals surface area contributed by atoms with E-state index in [1.165, 1.54) is 24.3 Å². The largest absolute Gasteiger partial charge is 0.478 e. The summed E-state index contributed by atoms with van der Waals surface area (Å²) in [6.07, 6.45) is 0. The van der Waals surface area contributed by atoms with Gasteiger partial charge in [0.2, 0.25) is 0 Å². The predicted molar refractivity (Wildman–Crippen MR) is 104 cm³/mol. The molecule has 130 valence electrons. The molecule has 3 N–H and O–H groups in total. The van der Waals surface area contributed by atoms with Crippen molar-refractivity contribution in [1.82, 2.24) is 5.32 Å². The maximum absolute atomic E-state index is 12.2. The molecule has 0 saturated carbocycles. The molecule has 0 fully saturated rings. The van der Waals surface area contributed by atoms with E-state index in [1.54, 1.807) is 6.07 Å². The van der Waals surface area contributed by atoms with E-state index in [-0.39, 0.29) is 42.0 Å². The van der Waals surface area contributed by atoms with Crippen LogP contribution in [0.5, 0.6) is 0 Å². The van der Waals surface area contributed by atoms with Crippen molar-refractivity contribution in [3.05, 3.63) is 61.5 Å². The summed E-state index contributed by atoms with van der Waals surface area (Å²) >= 11 is 28.6. The van der Waals surface area contributed by atoms with Gasteiger partial charge in [0.1, 0.15) is 0 Å². The Labute approximate surface area is 167 Å². The highest BCUT2D eigenvalue weighted by atomic mass is 35.5. The number of carboxylic acids is 1. The maximum Gasteiger partial charge on any atom is 0.337 e. The molecule has 0 atom stereocenters. The summed E-state index contributed by atoms with van der Waals surface area (Å²) in [5.74, 6) is -1.88. The van der Waals surface area contributed by atoms with Gasteiger partial charge in [-0.05, 0) is 36.5 Å². The molecule has 2 rings (SSSR count). The second-order valence-electron chi connectivity index (χ2n) is 4.62. The van der Waals surface area contributed by atoms with Crippen molar-refractivity contribution in [3.63, 3.8) is 0 Å². The van der Waals surface area contributed by atoms with Crippen LogP contribution in [0.1, 0.15) is 20.7 Å². The molecule has 10 heteroatoms. The summed E-state index contributed by atoms with van der Waals surface area (Å²) in [4.78, 5) is 23.5. The third-order valence-corrected chi connectivity index (χ3v) is 4.49. The zero-order valence-electron chi connectivity index (χ0n) is 12.1. The summed E-state index contributed by atoms with van der Waals surface area (Å²) in [7, 11) is 0. The van der Waals surface area contributed by atoms with Crippen LogP contribution in [0.2, 0.25) is 20.1 Å². The molecule has 2 aromatic carbocycles.